The van der Waals surface area contributed by atoms with Crippen LogP contribution in [0, 0.1) is 3.57 Å². The number of hydrogen-bond acceptors (Lipinski definition) is 4. The lowest BCUT2D eigenvalue weighted by Gasteiger charge is -2.15. The Bertz CT molecular complexity index is 942. The van der Waals surface area contributed by atoms with E-state index in [9.17, 15) is 13.2 Å². The molecule has 3 aromatic rings. The summed E-state index contributed by atoms with van der Waals surface area (Å²) in [6.07, 6.45) is -0.663. The van der Waals surface area contributed by atoms with Crippen molar-refractivity contribution in [3.05, 3.63) is 69.4 Å². The molecule has 4 nitrogen and oxygen atoms in total. The van der Waals surface area contributed by atoms with E-state index in [1.807, 2.05) is 36.4 Å². The van der Waals surface area contributed by atoms with Crippen LogP contribution >= 0.6 is 22.6 Å². The smallest absolute Gasteiger partial charge is 0.340 e. The first-order valence-corrected chi connectivity index (χ1v) is 10.3. The molecule has 2 aromatic carbocycles. The monoisotopic (exact) mass is 512 g/mol. The SMILES string of the molecule is CCCCc1ccc(Nc2nc(Nc3ccc(I)cc3)ncc2C(F)(F)F)cc1. The van der Waals surface area contributed by atoms with Crippen molar-refractivity contribution in [2.24, 2.45) is 0 Å². The number of nitrogens with zero attached hydrogens (tertiary/aromatic N) is 2. The van der Waals surface area contributed by atoms with E-state index in [0.29, 0.717) is 11.4 Å². The van der Waals surface area contributed by atoms with Crippen LogP contribution in [0.4, 0.5) is 36.3 Å². The molecular formula is C21H20F3IN4. The molecule has 0 aliphatic rings. The molecule has 8 heteroatoms. The molecule has 0 saturated heterocycles. The maximum Gasteiger partial charge on any atom is 0.421 e. The topological polar surface area (TPSA) is 49.8 Å². The molecule has 2 N–H and O–H groups in total. The summed E-state index contributed by atoms with van der Waals surface area (Å²) in [5.74, 6) is -0.205. The summed E-state index contributed by atoms with van der Waals surface area (Å²) >= 11 is 2.17. The van der Waals surface area contributed by atoms with Crippen LogP contribution in [0.2, 0.25) is 0 Å². The summed E-state index contributed by atoms with van der Waals surface area (Å²) in [7, 11) is 0. The van der Waals surface area contributed by atoms with Crippen molar-refractivity contribution < 1.29 is 13.2 Å². The Morgan fingerprint density at radius 2 is 1.55 bits per heavy atom. The van der Waals surface area contributed by atoms with E-state index < -0.39 is 11.7 Å². The predicted octanol–water partition coefficient (Wildman–Crippen LogP) is 6.93. The zero-order chi connectivity index (χ0) is 20.9. The van der Waals surface area contributed by atoms with Gasteiger partial charge in [0.25, 0.3) is 0 Å². The third-order valence-corrected chi connectivity index (χ3v) is 4.95. The Morgan fingerprint density at radius 1 is 0.931 bits per heavy atom. The summed E-state index contributed by atoms with van der Waals surface area (Å²) in [4.78, 5) is 7.90. The number of hydrogen-bond donors (Lipinski definition) is 2. The van der Waals surface area contributed by atoms with E-state index >= 15 is 0 Å². The first kappa shape index (κ1) is 21.4. The second kappa shape index (κ2) is 9.43. The highest BCUT2D eigenvalue weighted by molar-refractivity contribution is 14.1. The van der Waals surface area contributed by atoms with Gasteiger partial charge in [0.05, 0.1) is 0 Å². The van der Waals surface area contributed by atoms with Crippen LogP contribution in [-0.2, 0) is 12.6 Å². The fraction of sp³-hybridized carbons (Fsp3) is 0.238. The van der Waals surface area contributed by atoms with Gasteiger partial charge in [-0.2, -0.15) is 18.2 Å². The van der Waals surface area contributed by atoms with Crippen LogP contribution in [0.15, 0.2) is 54.7 Å². The predicted molar refractivity (Wildman–Crippen MR) is 118 cm³/mol. The van der Waals surface area contributed by atoms with Crippen LogP contribution in [-0.4, -0.2) is 9.97 Å². The minimum Gasteiger partial charge on any atom is -0.340 e. The Balaban J connectivity index is 1.85. The molecule has 0 saturated carbocycles. The van der Waals surface area contributed by atoms with E-state index in [-0.39, 0.29) is 11.8 Å². The highest BCUT2D eigenvalue weighted by Crippen LogP contribution is 2.35. The van der Waals surface area contributed by atoms with Crippen molar-refractivity contribution in [1.82, 2.24) is 9.97 Å². The molecule has 0 spiro atoms. The zero-order valence-electron chi connectivity index (χ0n) is 15.7. The van der Waals surface area contributed by atoms with Crippen molar-refractivity contribution in [2.45, 2.75) is 32.4 Å². The maximum atomic E-state index is 13.4. The summed E-state index contributed by atoms with van der Waals surface area (Å²) < 4.78 is 41.3. The van der Waals surface area contributed by atoms with Gasteiger partial charge >= 0.3 is 6.18 Å². The van der Waals surface area contributed by atoms with Crippen LogP contribution in [0.5, 0.6) is 0 Å². The van der Waals surface area contributed by atoms with Gasteiger partial charge in [0.1, 0.15) is 11.4 Å². The van der Waals surface area contributed by atoms with Crippen molar-refractivity contribution in [3.8, 4) is 0 Å². The number of nitrogens with one attached hydrogen (secondary N) is 2. The average Bonchev–Trinajstić information content (AvgIpc) is 2.68. The molecule has 0 fully saturated rings. The van der Waals surface area contributed by atoms with Gasteiger partial charge in [-0.25, -0.2) is 4.98 Å². The number of rotatable bonds is 7. The fourth-order valence-corrected chi connectivity index (χ4v) is 3.04. The molecule has 1 aromatic heterocycles. The summed E-state index contributed by atoms with van der Waals surface area (Å²) in [6, 6.07) is 14.7. The van der Waals surface area contributed by atoms with Crippen molar-refractivity contribution in [1.29, 1.82) is 0 Å². The Morgan fingerprint density at radius 3 is 2.17 bits per heavy atom. The minimum atomic E-state index is -4.56. The first-order chi connectivity index (χ1) is 13.8. The lowest BCUT2D eigenvalue weighted by atomic mass is 10.1. The molecule has 1 heterocycles. The van der Waals surface area contributed by atoms with Crippen molar-refractivity contribution in [2.75, 3.05) is 10.6 Å². The van der Waals surface area contributed by atoms with E-state index in [2.05, 4.69) is 50.1 Å². The molecule has 0 bridgehead atoms. The molecule has 29 heavy (non-hydrogen) atoms. The lowest BCUT2D eigenvalue weighted by Crippen LogP contribution is -2.12. The number of benzene rings is 2. The van der Waals surface area contributed by atoms with E-state index in [1.165, 1.54) is 0 Å². The largest absolute Gasteiger partial charge is 0.421 e. The molecular weight excluding hydrogens is 492 g/mol. The Labute approximate surface area is 181 Å². The minimum absolute atomic E-state index is 0.0845. The van der Waals surface area contributed by atoms with Crippen molar-refractivity contribution in [3.63, 3.8) is 0 Å². The van der Waals surface area contributed by atoms with Crippen molar-refractivity contribution >= 4 is 45.7 Å². The average molecular weight is 512 g/mol. The van der Waals surface area contributed by atoms with Crippen LogP contribution in [0.3, 0.4) is 0 Å². The van der Waals surface area contributed by atoms with Gasteiger partial charge in [-0.1, -0.05) is 25.5 Å². The third kappa shape index (κ3) is 6.06. The first-order valence-electron chi connectivity index (χ1n) is 9.18. The number of aryl methyl sites for hydroxylation is 1. The van der Waals surface area contributed by atoms with Gasteiger partial charge in [0.15, 0.2) is 0 Å². The van der Waals surface area contributed by atoms with Crippen LogP contribution < -0.4 is 10.6 Å². The van der Waals surface area contributed by atoms with Crippen LogP contribution in [0.25, 0.3) is 0 Å². The second-order valence-corrected chi connectivity index (χ2v) is 7.76. The number of anilines is 4. The standard InChI is InChI=1S/C21H20F3IN4/c1-2-3-4-14-5-9-16(10-6-14)27-19-18(21(22,23)24)13-26-20(29-19)28-17-11-7-15(25)8-12-17/h5-13H,2-4H2,1H3,(H2,26,27,28,29). The normalized spacial score (nSPS) is 11.3. The lowest BCUT2D eigenvalue weighted by molar-refractivity contribution is -0.137. The summed E-state index contributed by atoms with van der Waals surface area (Å²) in [5, 5.41) is 5.72. The zero-order valence-corrected chi connectivity index (χ0v) is 17.9. The number of alkyl halides is 3. The third-order valence-electron chi connectivity index (χ3n) is 4.23. The second-order valence-electron chi connectivity index (χ2n) is 6.51. The Kier molecular flexibility index (Phi) is 6.94. The number of halogens is 4. The van der Waals surface area contributed by atoms with E-state index in [0.717, 1.165) is 34.6 Å². The fourth-order valence-electron chi connectivity index (χ4n) is 2.68. The molecule has 3 rings (SSSR count). The molecule has 0 amide bonds. The summed E-state index contributed by atoms with van der Waals surface area (Å²) in [5.41, 5.74) is 1.46. The highest BCUT2D eigenvalue weighted by Gasteiger charge is 2.35. The van der Waals surface area contributed by atoms with Gasteiger partial charge in [0, 0.05) is 21.1 Å². The quantitative estimate of drug-likeness (QED) is 0.337. The molecule has 0 atom stereocenters. The van der Waals surface area contributed by atoms with E-state index in [1.54, 1.807) is 12.1 Å². The van der Waals surface area contributed by atoms with Gasteiger partial charge in [-0.05, 0) is 77.4 Å². The molecule has 152 valence electrons. The maximum absolute atomic E-state index is 13.4. The number of aromatic nitrogens is 2. The molecule has 0 unspecified atom stereocenters. The summed E-state index contributed by atoms with van der Waals surface area (Å²) in [6.45, 7) is 2.12. The highest BCUT2D eigenvalue weighted by atomic mass is 127. The number of unbranched alkanes of at least 4 members (excludes halogenated alkanes) is 1. The molecule has 0 radical (unpaired) electrons. The van der Waals surface area contributed by atoms with E-state index in [4.69, 9.17) is 0 Å². The van der Waals surface area contributed by atoms with Gasteiger partial charge in [-0.15, -0.1) is 0 Å². The van der Waals surface area contributed by atoms with Gasteiger partial charge < -0.3 is 10.6 Å². The molecule has 0 aliphatic carbocycles. The Hall–Kier alpha value is -2.36. The molecule has 0 aliphatic heterocycles. The van der Waals surface area contributed by atoms with Gasteiger partial charge in [-0.3, -0.25) is 0 Å². The van der Waals surface area contributed by atoms with Gasteiger partial charge in [0.2, 0.25) is 5.95 Å². The van der Waals surface area contributed by atoms with Crippen LogP contribution in [0.1, 0.15) is 30.9 Å².